The van der Waals surface area contributed by atoms with Gasteiger partial charge in [-0.15, -0.1) is 0 Å². The quantitative estimate of drug-likeness (QED) is 0.607. The smallest absolute Gasteiger partial charge is 0.317 e. The molecule has 6 heteroatoms. The maximum absolute atomic E-state index is 12.2. The number of amides is 1. The molecule has 0 radical (unpaired) electrons. The normalized spacial score (nSPS) is 17.7. The van der Waals surface area contributed by atoms with Crippen LogP contribution in [0, 0.1) is 16.7 Å². The van der Waals surface area contributed by atoms with Gasteiger partial charge in [0, 0.05) is 26.2 Å². The Hall–Kier alpha value is -1.87. The van der Waals surface area contributed by atoms with E-state index in [1.807, 2.05) is 26.8 Å². The third-order valence-corrected chi connectivity index (χ3v) is 2.95. The summed E-state index contributed by atoms with van der Waals surface area (Å²) in [6, 6.07) is 1.96. The van der Waals surface area contributed by atoms with Crippen LogP contribution in [0.5, 0.6) is 0 Å². The van der Waals surface area contributed by atoms with Gasteiger partial charge in [-0.05, 0) is 5.41 Å². The molecule has 1 rings (SSSR count). The molecule has 0 bridgehead atoms. The highest BCUT2D eigenvalue weighted by molar-refractivity contribution is 5.97. The first-order valence-corrected chi connectivity index (χ1v) is 6.59. The molecular weight excluding hydrogens is 258 g/mol. The van der Waals surface area contributed by atoms with Crippen molar-refractivity contribution in [2.45, 2.75) is 20.8 Å². The van der Waals surface area contributed by atoms with Crippen molar-refractivity contribution in [3.05, 3.63) is 11.6 Å². The summed E-state index contributed by atoms with van der Waals surface area (Å²) in [5.74, 6) is -1.13. The summed E-state index contributed by atoms with van der Waals surface area (Å²) >= 11 is 0. The van der Waals surface area contributed by atoms with Crippen molar-refractivity contribution in [3.63, 3.8) is 0 Å². The Kier molecular flexibility index (Phi) is 5.28. The number of allylic oxidation sites excluding steroid dienone is 1. The molecule has 0 aromatic carbocycles. The average Bonchev–Trinajstić information content (AvgIpc) is 2.34. The van der Waals surface area contributed by atoms with E-state index in [9.17, 15) is 9.59 Å². The van der Waals surface area contributed by atoms with Crippen molar-refractivity contribution in [3.8, 4) is 6.07 Å². The molecule has 1 fully saturated rings. The summed E-state index contributed by atoms with van der Waals surface area (Å²) in [6.45, 7) is 7.74. The zero-order chi connectivity index (χ0) is 15.3. The lowest BCUT2D eigenvalue weighted by atomic mass is 9.93. The van der Waals surface area contributed by atoms with E-state index in [0.29, 0.717) is 26.2 Å². The molecular formula is C14H21N3O3. The lowest BCUT2D eigenvalue weighted by Crippen LogP contribution is -2.50. The second-order valence-electron chi connectivity index (χ2n) is 6.00. The predicted molar refractivity (Wildman–Crippen MR) is 73.8 cm³/mol. The fourth-order valence-electron chi connectivity index (χ4n) is 2.05. The molecule has 0 atom stereocenters. The number of carboxylic acid groups (broad SMARTS) is 1. The Morgan fingerprint density at radius 3 is 2.20 bits per heavy atom. The van der Waals surface area contributed by atoms with Crippen molar-refractivity contribution in [1.82, 2.24) is 9.80 Å². The minimum Gasteiger partial charge on any atom is -0.480 e. The molecule has 0 aromatic rings. The lowest BCUT2D eigenvalue weighted by molar-refractivity contribution is -0.139. The third kappa shape index (κ3) is 5.02. The van der Waals surface area contributed by atoms with E-state index in [1.54, 1.807) is 15.9 Å². The molecule has 0 aliphatic carbocycles. The summed E-state index contributed by atoms with van der Waals surface area (Å²) in [4.78, 5) is 26.2. The first-order valence-electron chi connectivity index (χ1n) is 6.59. The molecule has 1 N–H and O–H groups in total. The van der Waals surface area contributed by atoms with E-state index < -0.39 is 5.97 Å². The Balaban J connectivity index is 2.65. The topological polar surface area (TPSA) is 84.6 Å². The molecule has 6 nitrogen and oxygen atoms in total. The summed E-state index contributed by atoms with van der Waals surface area (Å²) in [5.41, 5.74) is -0.0737. The maximum Gasteiger partial charge on any atom is 0.317 e. The van der Waals surface area contributed by atoms with Gasteiger partial charge < -0.3 is 10.0 Å². The van der Waals surface area contributed by atoms with Crippen LogP contribution in [0.25, 0.3) is 0 Å². The summed E-state index contributed by atoms with van der Waals surface area (Å²) in [5, 5.41) is 17.8. The van der Waals surface area contributed by atoms with Crippen molar-refractivity contribution < 1.29 is 14.7 Å². The Morgan fingerprint density at radius 2 is 1.80 bits per heavy atom. The molecule has 110 valence electrons. The number of carbonyl (C=O) groups excluding carboxylic acids is 1. The van der Waals surface area contributed by atoms with E-state index >= 15 is 0 Å². The van der Waals surface area contributed by atoms with Gasteiger partial charge in [0.25, 0.3) is 5.91 Å². The third-order valence-electron chi connectivity index (χ3n) is 2.95. The van der Waals surface area contributed by atoms with Crippen molar-refractivity contribution >= 4 is 11.9 Å². The molecule has 1 amide bonds. The van der Waals surface area contributed by atoms with Crippen LogP contribution in [-0.4, -0.2) is 59.5 Å². The fourth-order valence-corrected chi connectivity index (χ4v) is 2.05. The number of rotatable bonds is 3. The van der Waals surface area contributed by atoms with Crippen LogP contribution in [-0.2, 0) is 9.59 Å². The number of nitrogens with zero attached hydrogens (tertiary/aromatic N) is 3. The molecule has 1 saturated heterocycles. The van der Waals surface area contributed by atoms with Gasteiger partial charge >= 0.3 is 5.97 Å². The standard InChI is InChI=1S/C14H21N3O3/c1-14(2,3)8-11(9-15)13(20)17-6-4-16(5-7-17)10-12(18)19/h8H,4-7,10H2,1-3H3,(H,18,19)/b11-8+. The van der Waals surface area contributed by atoms with Gasteiger partial charge in [0.15, 0.2) is 0 Å². The van der Waals surface area contributed by atoms with Crippen molar-refractivity contribution in [1.29, 1.82) is 5.26 Å². The number of nitriles is 1. The van der Waals surface area contributed by atoms with Crippen LogP contribution >= 0.6 is 0 Å². The van der Waals surface area contributed by atoms with Crippen LogP contribution in [0.4, 0.5) is 0 Å². The number of hydrogen-bond acceptors (Lipinski definition) is 4. The lowest BCUT2D eigenvalue weighted by Gasteiger charge is -2.33. The first kappa shape index (κ1) is 16.2. The number of carboxylic acids is 1. The SMILES string of the molecule is CC(C)(C)/C=C(\C#N)C(=O)N1CCN(CC(=O)O)CC1. The van der Waals surface area contributed by atoms with Gasteiger partial charge in [0.2, 0.25) is 0 Å². The number of hydrogen-bond donors (Lipinski definition) is 1. The Morgan fingerprint density at radius 1 is 1.25 bits per heavy atom. The molecule has 1 heterocycles. The van der Waals surface area contributed by atoms with Gasteiger partial charge in [0.05, 0.1) is 6.54 Å². The molecule has 1 aliphatic heterocycles. The van der Waals surface area contributed by atoms with Gasteiger partial charge in [-0.25, -0.2) is 0 Å². The highest BCUT2D eigenvalue weighted by Gasteiger charge is 2.25. The van der Waals surface area contributed by atoms with Gasteiger partial charge in [0.1, 0.15) is 11.6 Å². The Bertz CT molecular complexity index is 449. The molecule has 0 spiro atoms. The average molecular weight is 279 g/mol. The zero-order valence-electron chi connectivity index (χ0n) is 12.2. The van der Waals surface area contributed by atoms with E-state index in [1.165, 1.54) is 0 Å². The number of carbonyl (C=O) groups is 2. The highest BCUT2D eigenvalue weighted by atomic mass is 16.4. The van der Waals surface area contributed by atoms with Crippen LogP contribution in [0.15, 0.2) is 11.6 Å². The van der Waals surface area contributed by atoms with Gasteiger partial charge in [-0.3, -0.25) is 14.5 Å². The summed E-state index contributed by atoms with van der Waals surface area (Å²) in [6.07, 6.45) is 1.68. The van der Waals surface area contributed by atoms with E-state index in [4.69, 9.17) is 10.4 Å². The highest BCUT2D eigenvalue weighted by Crippen LogP contribution is 2.19. The molecule has 0 saturated carbocycles. The van der Waals surface area contributed by atoms with Crippen molar-refractivity contribution in [2.75, 3.05) is 32.7 Å². The largest absolute Gasteiger partial charge is 0.480 e. The molecule has 0 unspecified atom stereocenters. The fraction of sp³-hybridized carbons (Fsp3) is 0.643. The molecule has 1 aliphatic rings. The minimum absolute atomic E-state index is 0.00896. The number of piperazine rings is 1. The second-order valence-corrected chi connectivity index (χ2v) is 6.00. The molecule has 20 heavy (non-hydrogen) atoms. The Labute approximate surface area is 119 Å². The summed E-state index contributed by atoms with van der Waals surface area (Å²) in [7, 11) is 0. The molecule has 0 aromatic heterocycles. The monoisotopic (exact) mass is 279 g/mol. The van der Waals surface area contributed by atoms with Gasteiger partial charge in [-0.1, -0.05) is 26.8 Å². The van der Waals surface area contributed by atoms with Crippen LogP contribution in [0.3, 0.4) is 0 Å². The van der Waals surface area contributed by atoms with Crippen LogP contribution in [0.1, 0.15) is 20.8 Å². The van der Waals surface area contributed by atoms with E-state index in [-0.39, 0.29) is 23.4 Å². The van der Waals surface area contributed by atoms with E-state index in [0.717, 1.165) is 0 Å². The number of aliphatic carboxylic acids is 1. The van der Waals surface area contributed by atoms with Gasteiger partial charge in [-0.2, -0.15) is 5.26 Å². The first-order chi connectivity index (χ1) is 9.23. The zero-order valence-corrected chi connectivity index (χ0v) is 12.2. The van der Waals surface area contributed by atoms with Crippen molar-refractivity contribution in [2.24, 2.45) is 5.41 Å². The minimum atomic E-state index is -0.866. The summed E-state index contributed by atoms with van der Waals surface area (Å²) < 4.78 is 0. The maximum atomic E-state index is 12.2. The van der Waals surface area contributed by atoms with Crippen LogP contribution in [0.2, 0.25) is 0 Å². The van der Waals surface area contributed by atoms with Crippen LogP contribution < -0.4 is 0 Å². The van der Waals surface area contributed by atoms with E-state index in [2.05, 4.69) is 0 Å². The predicted octanol–water partition coefficient (Wildman–Crippen LogP) is 0.711. The second kappa shape index (κ2) is 6.53.